The maximum absolute atomic E-state index is 9.46. The summed E-state index contributed by atoms with van der Waals surface area (Å²) in [6.45, 7) is 4.77. The van der Waals surface area contributed by atoms with Crippen LogP contribution in [0.2, 0.25) is 0 Å². The first kappa shape index (κ1) is 11.4. The van der Waals surface area contributed by atoms with Crippen molar-refractivity contribution in [2.45, 2.75) is 77.0 Å². The van der Waals surface area contributed by atoms with E-state index in [0.29, 0.717) is 17.5 Å². The van der Waals surface area contributed by atoms with Crippen molar-refractivity contribution >= 4 is 0 Å². The molecule has 0 aromatic heterocycles. The molecule has 0 heterocycles. The Balaban J connectivity index is 1.81. The lowest BCUT2D eigenvalue weighted by Gasteiger charge is -2.34. The van der Waals surface area contributed by atoms with E-state index in [1.54, 1.807) is 0 Å². The lowest BCUT2D eigenvalue weighted by atomic mass is 9.85. The number of rotatable bonds is 2. The second-order valence-electron chi connectivity index (χ2n) is 6.11. The molecule has 0 spiro atoms. The fourth-order valence-electron chi connectivity index (χ4n) is 3.16. The van der Waals surface area contributed by atoms with Crippen LogP contribution in [0.1, 0.15) is 58.8 Å². The van der Waals surface area contributed by atoms with Crippen molar-refractivity contribution in [3.8, 4) is 0 Å². The van der Waals surface area contributed by atoms with E-state index in [4.69, 9.17) is 0 Å². The quantitative estimate of drug-likeness (QED) is 0.735. The zero-order valence-electron chi connectivity index (χ0n) is 10.1. The van der Waals surface area contributed by atoms with Crippen LogP contribution in [0.3, 0.4) is 0 Å². The summed E-state index contributed by atoms with van der Waals surface area (Å²) in [4.78, 5) is 0. The van der Waals surface area contributed by atoms with Crippen LogP contribution in [0.15, 0.2) is 0 Å². The Labute approximate surface area is 93.5 Å². The third-order valence-electron chi connectivity index (χ3n) is 4.39. The van der Waals surface area contributed by atoms with Crippen molar-refractivity contribution in [1.82, 2.24) is 5.32 Å². The molecule has 2 nitrogen and oxygen atoms in total. The molecule has 0 aromatic rings. The molecule has 2 N–H and O–H groups in total. The third-order valence-corrected chi connectivity index (χ3v) is 4.39. The van der Waals surface area contributed by atoms with Crippen molar-refractivity contribution in [2.75, 3.05) is 0 Å². The lowest BCUT2D eigenvalue weighted by molar-refractivity contribution is 0.109. The van der Waals surface area contributed by atoms with Crippen LogP contribution in [0, 0.1) is 5.41 Å². The van der Waals surface area contributed by atoms with E-state index in [1.807, 2.05) is 0 Å². The highest BCUT2D eigenvalue weighted by atomic mass is 16.3. The molecular weight excluding hydrogens is 186 g/mol. The Hall–Kier alpha value is -0.0800. The van der Waals surface area contributed by atoms with Crippen LogP contribution in [0.4, 0.5) is 0 Å². The van der Waals surface area contributed by atoms with Gasteiger partial charge >= 0.3 is 0 Å². The van der Waals surface area contributed by atoms with Gasteiger partial charge in [0.05, 0.1) is 6.10 Å². The molecule has 15 heavy (non-hydrogen) atoms. The van der Waals surface area contributed by atoms with E-state index < -0.39 is 0 Å². The van der Waals surface area contributed by atoms with E-state index in [9.17, 15) is 5.11 Å². The summed E-state index contributed by atoms with van der Waals surface area (Å²) >= 11 is 0. The molecule has 2 aliphatic rings. The number of hydrogen-bond acceptors (Lipinski definition) is 2. The molecule has 1 atom stereocenters. The van der Waals surface area contributed by atoms with E-state index in [-0.39, 0.29) is 6.10 Å². The summed E-state index contributed by atoms with van der Waals surface area (Å²) < 4.78 is 0. The average molecular weight is 211 g/mol. The van der Waals surface area contributed by atoms with Gasteiger partial charge in [0, 0.05) is 12.1 Å². The van der Waals surface area contributed by atoms with Crippen LogP contribution >= 0.6 is 0 Å². The molecule has 2 heteroatoms. The molecule has 0 radical (unpaired) electrons. The van der Waals surface area contributed by atoms with Crippen LogP contribution in [-0.4, -0.2) is 23.3 Å². The highest BCUT2D eigenvalue weighted by Gasteiger charge is 2.35. The first-order valence-electron chi connectivity index (χ1n) is 6.52. The van der Waals surface area contributed by atoms with Gasteiger partial charge in [0.15, 0.2) is 0 Å². The van der Waals surface area contributed by atoms with Gasteiger partial charge in [-0.25, -0.2) is 0 Å². The summed E-state index contributed by atoms with van der Waals surface area (Å²) in [7, 11) is 0. The summed E-state index contributed by atoms with van der Waals surface area (Å²) in [6.07, 6.45) is 8.35. The molecule has 2 rings (SSSR count). The van der Waals surface area contributed by atoms with Crippen LogP contribution in [-0.2, 0) is 0 Å². The Bertz CT molecular complexity index is 207. The Kier molecular flexibility index (Phi) is 3.36. The van der Waals surface area contributed by atoms with Crippen LogP contribution in [0.25, 0.3) is 0 Å². The standard InChI is InChI=1S/C13H25NO/c1-13(2)9-3-4-12(13)14-10-5-7-11(15)8-6-10/h10-12,14-15H,3-9H2,1-2H3. The number of hydrogen-bond donors (Lipinski definition) is 2. The van der Waals surface area contributed by atoms with Gasteiger partial charge in [0.1, 0.15) is 0 Å². The minimum absolute atomic E-state index is 0.0281. The monoisotopic (exact) mass is 211 g/mol. The molecular formula is C13H25NO. The Morgan fingerprint density at radius 3 is 2.27 bits per heavy atom. The van der Waals surface area contributed by atoms with Crippen molar-refractivity contribution in [1.29, 1.82) is 0 Å². The summed E-state index contributed by atoms with van der Waals surface area (Å²) in [6, 6.07) is 1.37. The van der Waals surface area contributed by atoms with Gasteiger partial charge < -0.3 is 10.4 Å². The normalized spacial score (nSPS) is 40.6. The minimum Gasteiger partial charge on any atom is -0.393 e. The highest BCUT2D eigenvalue weighted by Crippen LogP contribution is 2.38. The van der Waals surface area contributed by atoms with E-state index in [2.05, 4.69) is 19.2 Å². The van der Waals surface area contributed by atoms with Gasteiger partial charge in [0.2, 0.25) is 0 Å². The highest BCUT2D eigenvalue weighted by molar-refractivity contribution is 4.92. The predicted octanol–water partition coefficient (Wildman–Crippen LogP) is 2.46. The van der Waals surface area contributed by atoms with E-state index in [1.165, 1.54) is 19.3 Å². The zero-order chi connectivity index (χ0) is 10.9. The Morgan fingerprint density at radius 1 is 1.07 bits per heavy atom. The van der Waals surface area contributed by atoms with E-state index in [0.717, 1.165) is 25.7 Å². The summed E-state index contributed by atoms with van der Waals surface area (Å²) in [5.41, 5.74) is 0.482. The molecule has 0 aliphatic heterocycles. The van der Waals surface area contributed by atoms with Gasteiger partial charge in [-0.05, 0) is 43.9 Å². The summed E-state index contributed by atoms with van der Waals surface area (Å²) in [5.74, 6) is 0. The van der Waals surface area contributed by atoms with Gasteiger partial charge in [0.25, 0.3) is 0 Å². The zero-order valence-corrected chi connectivity index (χ0v) is 10.1. The maximum atomic E-state index is 9.46. The molecule has 2 fully saturated rings. The maximum Gasteiger partial charge on any atom is 0.0541 e. The SMILES string of the molecule is CC1(C)CCCC1NC1CCC(O)CC1. The molecule has 1 unspecified atom stereocenters. The number of aliphatic hydroxyl groups is 1. The predicted molar refractivity (Wildman–Crippen MR) is 62.8 cm³/mol. The van der Waals surface area contributed by atoms with Crippen molar-refractivity contribution in [3.05, 3.63) is 0 Å². The molecule has 2 aliphatic carbocycles. The average Bonchev–Trinajstić information content (AvgIpc) is 2.50. The van der Waals surface area contributed by atoms with Gasteiger partial charge in [-0.1, -0.05) is 20.3 Å². The first-order valence-corrected chi connectivity index (χ1v) is 6.52. The largest absolute Gasteiger partial charge is 0.393 e. The fraction of sp³-hybridized carbons (Fsp3) is 1.00. The van der Waals surface area contributed by atoms with Crippen molar-refractivity contribution in [3.63, 3.8) is 0 Å². The molecule has 0 amide bonds. The fourth-order valence-corrected chi connectivity index (χ4v) is 3.16. The lowest BCUT2D eigenvalue weighted by Crippen LogP contribution is -2.45. The van der Waals surface area contributed by atoms with Gasteiger partial charge in [-0.2, -0.15) is 0 Å². The van der Waals surface area contributed by atoms with E-state index >= 15 is 0 Å². The number of nitrogens with one attached hydrogen (secondary N) is 1. The molecule has 0 bridgehead atoms. The molecule has 0 aromatic carbocycles. The van der Waals surface area contributed by atoms with Crippen LogP contribution < -0.4 is 5.32 Å². The topological polar surface area (TPSA) is 32.3 Å². The van der Waals surface area contributed by atoms with Gasteiger partial charge in [-0.15, -0.1) is 0 Å². The van der Waals surface area contributed by atoms with Crippen LogP contribution in [0.5, 0.6) is 0 Å². The third kappa shape index (κ3) is 2.73. The second kappa shape index (κ2) is 4.42. The molecule has 2 saturated carbocycles. The first-order chi connectivity index (χ1) is 7.08. The smallest absolute Gasteiger partial charge is 0.0541 e. The second-order valence-corrected chi connectivity index (χ2v) is 6.11. The van der Waals surface area contributed by atoms with Crippen molar-refractivity contribution < 1.29 is 5.11 Å². The van der Waals surface area contributed by atoms with Crippen molar-refractivity contribution in [2.24, 2.45) is 5.41 Å². The van der Waals surface area contributed by atoms with Gasteiger partial charge in [-0.3, -0.25) is 0 Å². The number of aliphatic hydroxyl groups excluding tert-OH is 1. The Morgan fingerprint density at radius 2 is 1.73 bits per heavy atom. The summed E-state index contributed by atoms with van der Waals surface area (Å²) in [5, 5.41) is 13.3. The molecule has 0 saturated heterocycles. The molecule has 88 valence electrons. The minimum atomic E-state index is -0.0281.